The minimum atomic E-state index is -0.382. The third kappa shape index (κ3) is 3.30. The van der Waals surface area contributed by atoms with Crippen molar-refractivity contribution in [3.63, 3.8) is 0 Å². The van der Waals surface area contributed by atoms with Crippen molar-refractivity contribution in [3.05, 3.63) is 64.9 Å². The van der Waals surface area contributed by atoms with Gasteiger partial charge in [0.15, 0.2) is 11.6 Å². The van der Waals surface area contributed by atoms with Gasteiger partial charge >= 0.3 is 0 Å². The number of aromatic nitrogens is 4. The van der Waals surface area contributed by atoms with Crippen molar-refractivity contribution < 1.29 is 4.39 Å². The molecule has 0 radical (unpaired) electrons. The molecule has 0 unspecified atom stereocenters. The van der Waals surface area contributed by atoms with Crippen molar-refractivity contribution in [2.45, 2.75) is 6.54 Å². The van der Waals surface area contributed by atoms with E-state index in [4.69, 9.17) is 0 Å². The molecule has 0 aromatic carbocycles. The quantitative estimate of drug-likeness (QED) is 0.715. The van der Waals surface area contributed by atoms with Crippen molar-refractivity contribution in [1.29, 1.82) is 0 Å². The lowest BCUT2D eigenvalue weighted by Gasteiger charge is -2.18. The Bertz CT molecular complexity index is 754. The predicted octanol–water partition coefficient (Wildman–Crippen LogP) is 3.20. The van der Waals surface area contributed by atoms with E-state index in [0.717, 1.165) is 22.1 Å². The molecule has 3 aromatic heterocycles. The van der Waals surface area contributed by atoms with Crippen molar-refractivity contribution in [2.75, 3.05) is 11.9 Å². The molecule has 0 atom stereocenters. The largest absolute Gasteiger partial charge is 0.355 e. The second-order valence-electron chi connectivity index (χ2n) is 4.82. The summed E-state index contributed by atoms with van der Waals surface area (Å²) in [5.74, 6) is 1.07. The first-order valence-electron chi connectivity index (χ1n) is 6.60. The van der Waals surface area contributed by atoms with Gasteiger partial charge in [0.05, 0.1) is 12.4 Å². The number of halogens is 2. The second kappa shape index (κ2) is 6.23. The van der Waals surface area contributed by atoms with Gasteiger partial charge in [-0.1, -0.05) is 6.07 Å². The first-order chi connectivity index (χ1) is 10.6. The van der Waals surface area contributed by atoms with Crippen LogP contribution >= 0.6 is 15.9 Å². The SMILES string of the molecule is CN(Cc1ccc(-n2cc(F)cn2)nc1)c1ccc(Br)cn1. The highest BCUT2D eigenvalue weighted by molar-refractivity contribution is 9.10. The second-order valence-corrected chi connectivity index (χ2v) is 5.73. The van der Waals surface area contributed by atoms with E-state index in [1.807, 2.05) is 36.2 Å². The Hall–Kier alpha value is -2.28. The van der Waals surface area contributed by atoms with Gasteiger partial charge in [-0.15, -0.1) is 0 Å². The highest BCUT2D eigenvalue weighted by Crippen LogP contribution is 2.16. The van der Waals surface area contributed by atoms with Gasteiger partial charge in [0.2, 0.25) is 0 Å². The average Bonchev–Trinajstić information content (AvgIpc) is 2.95. The van der Waals surface area contributed by atoms with E-state index in [1.165, 1.54) is 10.9 Å². The Kier molecular flexibility index (Phi) is 4.15. The summed E-state index contributed by atoms with van der Waals surface area (Å²) >= 11 is 3.37. The zero-order valence-corrected chi connectivity index (χ0v) is 13.4. The van der Waals surface area contributed by atoms with Crippen molar-refractivity contribution in [1.82, 2.24) is 19.7 Å². The fourth-order valence-corrected chi connectivity index (χ4v) is 2.26. The molecular formula is C15H13BrFN5. The molecule has 5 nitrogen and oxygen atoms in total. The standard InChI is InChI=1S/C15H13BrFN5/c1-21(14-5-3-12(16)7-19-14)9-11-2-4-15(18-6-11)22-10-13(17)8-20-22/h2-8,10H,9H2,1H3. The zero-order chi connectivity index (χ0) is 15.5. The van der Waals surface area contributed by atoms with E-state index in [-0.39, 0.29) is 5.82 Å². The monoisotopic (exact) mass is 361 g/mol. The van der Waals surface area contributed by atoms with Gasteiger partial charge in [-0.2, -0.15) is 5.10 Å². The molecular weight excluding hydrogens is 349 g/mol. The van der Waals surface area contributed by atoms with E-state index in [9.17, 15) is 4.39 Å². The summed E-state index contributed by atoms with van der Waals surface area (Å²) in [6, 6.07) is 7.65. The molecule has 7 heteroatoms. The lowest BCUT2D eigenvalue weighted by molar-refractivity contribution is 0.627. The van der Waals surface area contributed by atoms with Gasteiger partial charge in [-0.25, -0.2) is 19.0 Å². The van der Waals surface area contributed by atoms with Crippen LogP contribution in [0.2, 0.25) is 0 Å². The molecule has 0 saturated carbocycles. The van der Waals surface area contributed by atoms with Crippen LogP contribution in [0, 0.1) is 5.82 Å². The average molecular weight is 362 g/mol. The number of nitrogens with zero attached hydrogens (tertiary/aromatic N) is 5. The molecule has 3 rings (SSSR count). The van der Waals surface area contributed by atoms with Crippen LogP contribution in [0.25, 0.3) is 5.82 Å². The number of rotatable bonds is 4. The maximum Gasteiger partial charge on any atom is 0.161 e. The Labute approximate surface area is 135 Å². The fraction of sp³-hybridized carbons (Fsp3) is 0.133. The molecule has 0 amide bonds. The Morgan fingerprint density at radius 1 is 1.14 bits per heavy atom. The summed E-state index contributed by atoms with van der Waals surface area (Å²) in [6.07, 6.45) is 5.96. The highest BCUT2D eigenvalue weighted by atomic mass is 79.9. The van der Waals surface area contributed by atoms with Crippen LogP contribution in [0.4, 0.5) is 10.2 Å². The molecule has 112 valence electrons. The van der Waals surface area contributed by atoms with E-state index < -0.39 is 0 Å². The van der Waals surface area contributed by atoms with Gasteiger partial charge < -0.3 is 4.90 Å². The number of hydrogen-bond acceptors (Lipinski definition) is 4. The van der Waals surface area contributed by atoms with Gasteiger partial charge in [0.25, 0.3) is 0 Å². The lowest BCUT2D eigenvalue weighted by Crippen LogP contribution is -2.17. The van der Waals surface area contributed by atoms with E-state index in [0.29, 0.717) is 12.4 Å². The first-order valence-corrected chi connectivity index (χ1v) is 7.39. The highest BCUT2D eigenvalue weighted by Gasteiger charge is 2.05. The summed E-state index contributed by atoms with van der Waals surface area (Å²) in [6.45, 7) is 0.676. The molecule has 0 aliphatic heterocycles. The van der Waals surface area contributed by atoms with E-state index in [1.54, 1.807) is 12.4 Å². The molecule has 0 aliphatic carbocycles. The Morgan fingerprint density at radius 2 is 2.00 bits per heavy atom. The number of hydrogen-bond donors (Lipinski definition) is 0. The van der Waals surface area contributed by atoms with Crippen LogP contribution in [0.3, 0.4) is 0 Å². The van der Waals surface area contributed by atoms with Gasteiger partial charge in [0.1, 0.15) is 5.82 Å². The van der Waals surface area contributed by atoms with Crippen LogP contribution < -0.4 is 4.90 Å². The summed E-state index contributed by atoms with van der Waals surface area (Å²) < 4.78 is 15.3. The summed E-state index contributed by atoms with van der Waals surface area (Å²) in [4.78, 5) is 10.7. The van der Waals surface area contributed by atoms with Crippen LogP contribution in [-0.4, -0.2) is 26.8 Å². The minimum Gasteiger partial charge on any atom is -0.355 e. The molecule has 0 saturated heterocycles. The Morgan fingerprint density at radius 3 is 2.59 bits per heavy atom. The van der Waals surface area contributed by atoms with Gasteiger partial charge in [-0.05, 0) is 39.7 Å². The molecule has 0 aliphatic rings. The van der Waals surface area contributed by atoms with Crippen LogP contribution in [0.5, 0.6) is 0 Å². The minimum absolute atomic E-state index is 0.382. The van der Waals surface area contributed by atoms with Crippen molar-refractivity contribution >= 4 is 21.7 Å². The normalized spacial score (nSPS) is 10.7. The van der Waals surface area contributed by atoms with Gasteiger partial charge in [0, 0.05) is 30.5 Å². The van der Waals surface area contributed by atoms with E-state index >= 15 is 0 Å². The lowest BCUT2D eigenvalue weighted by atomic mass is 10.2. The molecule has 0 fully saturated rings. The molecule has 3 heterocycles. The van der Waals surface area contributed by atoms with Crippen molar-refractivity contribution in [3.8, 4) is 5.82 Å². The molecule has 0 spiro atoms. The van der Waals surface area contributed by atoms with Gasteiger partial charge in [-0.3, -0.25) is 0 Å². The maximum atomic E-state index is 13.0. The first kappa shape index (κ1) is 14.6. The van der Waals surface area contributed by atoms with Crippen LogP contribution in [-0.2, 0) is 6.54 Å². The number of anilines is 1. The van der Waals surface area contributed by atoms with Crippen LogP contribution in [0.1, 0.15) is 5.56 Å². The Balaban J connectivity index is 1.72. The summed E-state index contributed by atoms with van der Waals surface area (Å²) in [5, 5.41) is 3.89. The summed E-state index contributed by atoms with van der Waals surface area (Å²) in [5.41, 5.74) is 1.03. The topological polar surface area (TPSA) is 46.8 Å². The zero-order valence-electron chi connectivity index (χ0n) is 11.8. The van der Waals surface area contributed by atoms with E-state index in [2.05, 4.69) is 31.0 Å². The third-order valence-corrected chi connectivity index (χ3v) is 3.59. The molecule has 0 bridgehead atoms. The number of pyridine rings is 2. The smallest absolute Gasteiger partial charge is 0.161 e. The third-order valence-electron chi connectivity index (χ3n) is 3.12. The molecule has 0 N–H and O–H groups in total. The molecule has 22 heavy (non-hydrogen) atoms. The maximum absolute atomic E-state index is 13.0. The van der Waals surface area contributed by atoms with Crippen LogP contribution in [0.15, 0.2) is 53.5 Å². The van der Waals surface area contributed by atoms with Crippen molar-refractivity contribution in [2.24, 2.45) is 0 Å². The predicted molar refractivity (Wildman–Crippen MR) is 85.4 cm³/mol. The molecule has 3 aromatic rings. The fourth-order valence-electron chi connectivity index (χ4n) is 2.02. The summed E-state index contributed by atoms with van der Waals surface area (Å²) in [7, 11) is 1.97.